The quantitative estimate of drug-likeness (QED) is 0.684. The lowest BCUT2D eigenvalue weighted by atomic mass is 10.1. The van der Waals surface area contributed by atoms with Gasteiger partial charge >= 0.3 is 0 Å². The third-order valence-electron chi connectivity index (χ3n) is 4.46. The molecular weight excluding hydrogens is 343 g/mol. The van der Waals surface area contributed by atoms with Gasteiger partial charge in [0.05, 0.1) is 6.42 Å². The Hall–Kier alpha value is -2.69. The minimum Gasteiger partial charge on any atom is -0.354 e. The topological polar surface area (TPSA) is 49.4 Å². The molecule has 5 heteroatoms. The lowest BCUT2D eigenvalue weighted by molar-refractivity contribution is -0.140. The standard InChI is InChI=1S/C22H27FN2O2/c1-3-4-14-24-22(27)17(2)25(16-19-8-6-5-7-9-19)21(26)15-18-10-12-20(23)13-11-18/h5-13,17H,3-4,14-16H2,1-2H3,(H,24,27). The first kappa shape index (κ1) is 20.6. The van der Waals surface area contributed by atoms with E-state index in [1.165, 1.54) is 12.1 Å². The number of amides is 2. The molecule has 1 N–H and O–H groups in total. The molecule has 0 aliphatic rings. The average molecular weight is 370 g/mol. The summed E-state index contributed by atoms with van der Waals surface area (Å²) in [4.78, 5) is 27.0. The Morgan fingerprint density at radius 3 is 2.33 bits per heavy atom. The zero-order valence-corrected chi connectivity index (χ0v) is 16.0. The highest BCUT2D eigenvalue weighted by Crippen LogP contribution is 2.13. The van der Waals surface area contributed by atoms with Gasteiger partial charge in [-0.05, 0) is 36.6 Å². The number of hydrogen-bond acceptors (Lipinski definition) is 2. The molecule has 2 aromatic carbocycles. The van der Waals surface area contributed by atoms with E-state index >= 15 is 0 Å². The van der Waals surface area contributed by atoms with Crippen molar-refractivity contribution in [3.8, 4) is 0 Å². The van der Waals surface area contributed by atoms with Crippen molar-refractivity contribution in [2.45, 2.75) is 45.7 Å². The molecule has 1 unspecified atom stereocenters. The fourth-order valence-corrected chi connectivity index (χ4v) is 2.78. The van der Waals surface area contributed by atoms with Crippen molar-refractivity contribution in [2.24, 2.45) is 0 Å². The fourth-order valence-electron chi connectivity index (χ4n) is 2.78. The van der Waals surface area contributed by atoms with E-state index in [1.807, 2.05) is 30.3 Å². The molecule has 144 valence electrons. The Labute approximate surface area is 160 Å². The number of unbranched alkanes of at least 4 members (excludes halogenated alkanes) is 1. The first-order chi connectivity index (χ1) is 13.0. The lowest BCUT2D eigenvalue weighted by Gasteiger charge is -2.29. The number of benzene rings is 2. The van der Waals surface area contributed by atoms with E-state index in [9.17, 15) is 14.0 Å². The van der Waals surface area contributed by atoms with Gasteiger partial charge in [0, 0.05) is 13.1 Å². The van der Waals surface area contributed by atoms with E-state index in [-0.39, 0.29) is 24.1 Å². The monoisotopic (exact) mass is 370 g/mol. The predicted molar refractivity (Wildman–Crippen MR) is 104 cm³/mol. The van der Waals surface area contributed by atoms with Crippen molar-refractivity contribution in [3.05, 3.63) is 71.5 Å². The summed E-state index contributed by atoms with van der Waals surface area (Å²) in [7, 11) is 0. The van der Waals surface area contributed by atoms with Gasteiger partial charge < -0.3 is 10.2 Å². The van der Waals surface area contributed by atoms with Crippen molar-refractivity contribution in [2.75, 3.05) is 6.54 Å². The predicted octanol–water partition coefficient (Wildman–Crippen LogP) is 3.70. The highest BCUT2D eigenvalue weighted by Gasteiger charge is 2.25. The number of hydrogen-bond donors (Lipinski definition) is 1. The molecule has 4 nitrogen and oxygen atoms in total. The minimum atomic E-state index is -0.588. The maximum Gasteiger partial charge on any atom is 0.242 e. The molecule has 0 saturated carbocycles. The summed E-state index contributed by atoms with van der Waals surface area (Å²) in [6.07, 6.45) is 2.02. The zero-order valence-electron chi connectivity index (χ0n) is 16.0. The molecule has 0 fully saturated rings. The van der Waals surface area contributed by atoms with Crippen molar-refractivity contribution >= 4 is 11.8 Å². The van der Waals surface area contributed by atoms with Gasteiger partial charge in [-0.3, -0.25) is 9.59 Å². The van der Waals surface area contributed by atoms with Crippen LogP contribution in [0.3, 0.4) is 0 Å². The van der Waals surface area contributed by atoms with Crippen LogP contribution in [0.4, 0.5) is 4.39 Å². The Balaban J connectivity index is 2.13. The highest BCUT2D eigenvalue weighted by molar-refractivity contribution is 5.88. The summed E-state index contributed by atoms with van der Waals surface area (Å²) in [5, 5.41) is 2.89. The third kappa shape index (κ3) is 6.51. The van der Waals surface area contributed by atoms with Crippen molar-refractivity contribution in [3.63, 3.8) is 0 Å². The minimum absolute atomic E-state index is 0.125. The molecule has 0 heterocycles. The zero-order chi connectivity index (χ0) is 19.6. The van der Waals surface area contributed by atoms with Crippen LogP contribution in [0.2, 0.25) is 0 Å². The molecule has 1 atom stereocenters. The van der Waals surface area contributed by atoms with Gasteiger partial charge in [0.1, 0.15) is 11.9 Å². The largest absolute Gasteiger partial charge is 0.354 e. The lowest BCUT2D eigenvalue weighted by Crippen LogP contribution is -2.48. The number of nitrogens with zero attached hydrogens (tertiary/aromatic N) is 1. The van der Waals surface area contributed by atoms with Crippen LogP contribution in [-0.4, -0.2) is 29.3 Å². The van der Waals surface area contributed by atoms with Gasteiger partial charge in [0.25, 0.3) is 0 Å². The van der Waals surface area contributed by atoms with Gasteiger partial charge in [-0.15, -0.1) is 0 Å². The average Bonchev–Trinajstić information content (AvgIpc) is 2.68. The number of carbonyl (C=O) groups excluding carboxylic acids is 2. The smallest absolute Gasteiger partial charge is 0.242 e. The summed E-state index contributed by atoms with van der Waals surface area (Å²) in [6, 6.07) is 14.9. The first-order valence-corrected chi connectivity index (χ1v) is 9.36. The summed E-state index contributed by atoms with van der Waals surface area (Å²) >= 11 is 0. The van der Waals surface area contributed by atoms with Crippen LogP contribution in [0, 0.1) is 5.82 Å². The van der Waals surface area contributed by atoms with Gasteiger partial charge in [-0.2, -0.15) is 0 Å². The fraction of sp³-hybridized carbons (Fsp3) is 0.364. The van der Waals surface area contributed by atoms with Crippen LogP contribution in [0.5, 0.6) is 0 Å². The normalized spacial score (nSPS) is 11.7. The molecule has 0 radical (unpaired) electrons. The van der Waals surface area contributed by atoms with Gasteiger partial charge in [0.2, 0.25) is 11.8 Å². The number of halogens is 1. The van der Waals surface area contributed by atoms with Crippen LogP contribution in [0.15, 0.2) is 54.6 Å². The highest BCUT2D eigenvalue weighted by atomic mass is 19.1. The SMILES string of the molecule is CCCCNC(=O)C(C)N(Cc1ccccc1)C(=O)Cc1ccc(F)cc1. The van der Waals surface area contributed by atoms with Crippen molar-refractivity contribution in [1.82, 2.24) is 10.2 Å². The molecule has 27 heavy (non-hydrogen) atoms. The second-order valence-corrected chi connectivity index (χ2v) is 6.63. The van der Waals surface area contributed by atoms with Crippen LogP contribution >= 0.6 is 0 Å². The molecule has 2 rings (SSSR count). The van der Waals surface area contributed by atoms with Crippen LogP contribution in [-0.2, 0) is 22.6 Å². The Morgan fingerprint density at radius 1 is 1.04 bits per heavy atom. The molecule has 2 aromatic rings. The van der Waals surface area contributed by atoms with Crippen molar-refractivity contribution in [1.29, 1.82) is 0 Å². The number of nitrogens with one attached hydrogen (secondary N) is 1. The molecule has 2 amide bonds. The summed E-state index contributed by atoms with van der Waals surface area (Å²) in [5.41, 5.74) is 1.68. The Bertz CT molecular complexity index is 732. The molecule has 0 spiro atoms. The maximum atomic E-state index is 13.1. The molecule has 0 aliphatic heterocycles. The molecule has 0 aromatic heterocycles. The summed E-state index contributed by atoms with van der Waals surface area (Å²) < 4.78 is 13.1. The van der Waals surface area contributed by atoms with Crippen LogP contribution in [0.25, 0.3) is 0 Å². The summed E-state index contributed by atoms with van der Waals surface area (Å²) in [5.74, 6) is -0.661. The van der Waals surface area contributed by atoms with Gasteiger partial charge in [0.15, 0.2) is 0 Å². The van der Waals surface area contributed by atoms with Crippen molar-refractivity contribution < 1.29 is 14.0 Å². The maximum absolute atomic E-state index is 13.1. The Kier molecular flexibility index (Phi) is 7.99. The second kappa shape index (κ2) is 10.5. The second-order valence-electron chi connectivity index (χ2n) is 6.63. The first-order valence-electron chi connectivity index (χ1n) is 9.36. The van der Waals surface area contributed by atoms with E-state index in [2.05, 4.69) is 12.2 Å². The van der Waals surface area contributed by atoms with E-state index in [1.54, 1.807) is 24.0 Å². The molecule has 0 saturated heterocycles. The van der Waals surface area contributed by atoms with E-state index in [0.717, 1.165) is 24.0 Å². The van der Waals surface area contributed by atoms with E-state index < -0.39 is 6.04 Å². The third-order valence-corrected chi connectivity index (χ3v) is 4.46. The van der Waals surface area contributed by atoms with E-state index in [4.69, 9.17) is 0 Å². The molecular formula is C22H27FN2O2. The summed E-state index contributed by atoms with van der Waals surface area (Å²) in [6.45, 7) is 4.75. The molecule has 0 aliphatic carbocycles. The van der Waals surface area contributed by atoms with Gasteiger partial charge in [-0.1, -0.05) is 55.8 Å². The van der Waals surface area contributed by atoms with Crippen LogP contribution in [0.1, 0.15) is 37.8 Å². The number of rotatable bonds is 9. The molecule has 0 bridgehead atoms. The number of carbonyl (C=O) groups is 2. The Morgan fingerprint density at radius 2 is 1.70 bits per heavy atom. The van der Waals surface area contributed by atoms with E-state index in [0.29, 0.717) is 13.1 Å². The van der Waals surface area contributed by atoms with Gasteiger partial charge in [-0.25, -0.2) is 4.39 Å². The van der Waals surface area contributed by atoms with Crippen LogP contribution < -0.4 is 5.32 Å².